The van der Waals surface area contributed by atoms with Crippen LogP contribution in [0.1, 0.15) is 16.8 Å². The number of rotatable bonds is 10. The van der Waals surface area contributed by atoms with Crippen LogP contribution in [-0.2, 0) is 10.5 Å². The van der Waals surface area contributed by atoms with Gasteiger partial charge in [0.2, 0.25) is 5.88 Å². The van der Waals surface area contributed by atoms with Gasteiger partial charge in [0, 0.05) is 42.4 Å². The van der Waals surface area contributed by atoms with E-state index in [1.165, 1.54) is 18.0 Å². The van der Waals surface area contributed by atoms with Crippen molar-refractivity contribution in [2.75, 3.05) is 25.6 Å². The van der Waals surface area contributed by atoms with E-state index in [2.05, 4.69) is 32.4 Å². The molecule has 0 bridgehead atoms. The number of nitrogens with one attached hydrogen (secondary N) is 1. The van der Waals surface area contributed by atoms with Gasteiger partial charge in [-0.1, -0.05) is 17.8 Å². The fourth-order valence-electron chi connectivity index (χ4n) is 2.95. The lowest BCUT2D eigenvalue weighted by atomic mass is 9.52. The highest BCUT2D eigenvalue weighted by atomic mass is 32.2. The summed E-state index contributed by atoms with van der Waals surface area (Å²) in [5, 5.41) is 21.5. The molecule has 0 aliphatic heterocycles. The maximum atomic E-state index is 9.97. The van der Waals surface area contributed by atoms with Gasteiger partial charge in [-0.2, -0.15) is 10.5 Å². The van der Waals surface area contributed by atoms with Gasteiger partial charge < -0.3 is 14.8 Å². The predicted molar refractivity (Wildman–Crippen MR) is 132 cm³/mol. The standard InChI is InChI=1S/C22H17B3N6O2S/c1-28-20-16(10-26)19(14-5-6-18(30-12-14)32-8-9-33-22(23,24)25)17(11-27)21(31-20)34-13-15-4-2-3-7-29-15/h2-7,12H,8-9,13H2,1H3,(H,28,31). The second-order valence-corrected chi connectivity index (χ2v) is 7.87. The maximum Gasteiger partial charge on any atom is 0.213 e. The monoisotopic (exact) mass is 462 g/mol. The van der Waals surface area contributed by atoms with Crippen molar-refractivity contribution < 1.29 is 9.47 Å². The van der Waals surface area contributed by atoms with E-state index in [4.69, 9.17) is 33.0 Å². The van der Waals surface area contributed by atoms with Gasteiger partial charge in [-0.3, -0.25) is 4.98 Å². The molecule has 12 heteroatoms. The van der Waals surface area contributed by atoms with Gasteiger partial charge in [0.05, 0.1) is 41.4 Å². The molecule has 1 N–H and O–H groups in total. The van der Waals surface area contributed by atoms with Crippen LogP contribution >= 0.6 is 11.8 Å². The Hall–Kier alpha value is -3.47. The Morgan fingerprint density at radius 2 is 1.85 bits per heavy atom. The maximum absolute atomic E-state index is 9.97. The summed E-state index contributed by atoms with van der Waals surface area (Å²) < 4.78 is 10.5. The van der Waals surface area contributed by atoms with E-state index in [0.717, 1.165) is 5.69 Å². The molecule has 0 saturated carbocycles. The molecule has 3 aromatic rings. The number of hydrogen-bond acceptors (Lipinski definition) is 9. The molecular formula is C22H17B3N6O2S. The Balaban J connectivity index is 1.90. The average molecular weight is 462 g/mol. The van der Waals surface area contributed by atoms with Crippen LogP contribution in [0.3, 0.4) is 0 Å². The van der Waals surface area contributed by atoms with Gasteiger partial charge >= 0.3 is 0 Å². The van der Waals surface area contributed by atoms with Gasteiger partial charge in [0.1, 0.15) is 35.2 Å². The predicted octanol–water partition coefficient (Wildman–Crippen LogP) is 2.13. The van der Waals surface area contributed by atoms with Gasteiger partial charge in [-0.15, -0.1) is 0 Å². The highest BCUT2D eigenvalue weighted by molar-refractivity contribution is 7.98. The first-order valence-corrected chi connectivity index (χ1v) is 11.0. The smallest absolute Gasteiger partial charge is 0.213 e. The van der Waals surface area contributed by atoms with Crippen molar-refractivity contribution >= 4 is 41.1 Å². The molecular weight excluding hydrogens is 445 g/mol. The van der Waals surface area contributed by atoms with Crippen molar-refractivity contribution in [1.29, 1.82) is 10.5 Å². The summed E-state index contributed by atoms with van der Waals surface area (Å²) in [6, 6.07) is 13.3. The van der Waals surface area contributed by atoms with Crippen LogP contribution in [0.25, 0.3) is 11.1 Å². The SMILES string of the molecule is [B]C([B])([B])OCCOc1ccc(-c2c(C#N)c(NC)nc(SCc3ccccn3)c2C#N)cn1. The minimum atomic E-state index is -1.74. The number of hydrogen-bond donors (Lipinski definition) is 1. The Kier molecular flexibility index (Phi) is 8.58. The largest absolute Gasteiger partial charge is 0.475 e. The molecule has 3 aromatic heterocycles. The lowest BCUT2D eigenvalue weighted by Crippen LogP contribution is -2.35. The van der Waals surface area contributed by atoms with E-state index < -0.39 is 5.30 Å². The summed E-state index contributed by atoms with van der Waals surface area (Å²) in [6.07, 6.45) is 3.23. The molecule has 0 saturated heterocycles. The Bertz CT molecular complexity index is 1210. The molecule has 8 nitrogen and oxygen atoms in total. The molecule has 0 unspecified atom stereocenters. The second-order valence-electron chi connectivity index (χ2n) is 6.91. The number of aromatic nitrogens is 3. The molecule has 162 valence electrons. The molecule has 6 radical (unpaired) electrons. The van der Waals surface area contributed by atoms with Gasteiger partial charge in [-0.25, -0.2) is 9.97 Å². The normalized spacial score (nSPS) is 10.8. The van der Waals surface area contributed by atoms with Crippen LogP contribution in [0, 0.1) is 22.7 Å². The number of anilines is 1. The molecule has 0 aromatic carbocycles. The van der Waals surface area contributed by atoms with Crippen molar-refractivity contribution in [1.82, 2.24) is 15.0 Å². The second kappa shape index (κ2) is 11.6. The van der Waals surface area contributed by atoms with Crippen molar-refractivity contribution in [2.45, 2.75) is 16.1 Å². The first-order valence-electron chi connectivity index (χ1n) is 10.0. The lowest BCUT2D eigenvalue weighted by Gasteiger charge is -2.21. The first kappa shape index (κ1) is 25.2. The molecule has 3 rings (SSSR count). The third-order valence-electron chi connectivity index (χ3n) is 4.42. The van der Waals surface area contributed by atoms with Crippen LogP contribution in [0.15, 0.2) is 47.8 Å². The Labute approximate surface area is 206 Å². The van der Waals surface area contributed by atoms with Crippen LogP contribution in [0.4, 0.5) is 5.82 Å². The minimum Gasteiger partial charge on any atom is -0.475 e. The summed E-state index contributed by atoms with van der Waals surface area (Å²) in [7, 11) is 17.7. The van der Waals surface area contributed by atoms with Crippen molar-refractivity contribution in [3.63, 3.8) is 0 Å². The Morgan fingerprint density at radius 1 is 1.06 bits per heavy atom. The molecule has 0 fully saturated rings. The zero-order valence-corrected chi connectivity index (χ0v) is 19.2. The van der Waals surface area contributed by atoms with Crippen molar-refractivity contribution in [3.05, 3.63) is 59.5 Å². The fraction of sp³-hybridized carbons (Fsp3) is 0.227. The number of nitrogens with zero attached hydrogens (tertiary/aromatic N) is 5. The van der Waals surface area contributed by atoms with Gasteiger partial charge in [-0.05, 0) is 23.5 Å². The third kappa shape index (κ3) is 6.54. The summed E-state index contributed by atoms with van der Waals surface area (Å²) in [4.78, 5) is 13.1. The van der Waals surface area contributed by atoms with Crippen molar-refractivity contribution in [3.8, 4) is 29.1 Å². The molecule has 0 amide bonds. The van der Waals surface area contributed by atoms with Gasteiger partial charge in [0.15, 0.2) is 0 Å². The lowest BCUT2D eigenvalue weighted by molar-refractivity contribution is 0.0934. The van der Waals surface area contributed by atoms with Crippen LogP contribution < -0.4 is 10.1 Å². The summed E-state index contributed by atoms with van der Waals surface area (Å²) in [5.41, 5.74) is 2.38. The molecule has 0 spiro atoms. The number of thioether (sulfide) groups is 1. The fourth-order valence-corrected chi connectivity index (χ4v) is 3.86. The molecule has 0 atom stereocenters. The van der Waals surface area contributed by atoms with E-state index in [-0.39, 0.29) is 24.3 Å². The van der Waals surface area contributed by atoms with E-state index in [9.17, 15) is 10.5 Å². The van der Waals surface area contributed by atoms with Crippen molar-refractivity contribution in [2.24, 2.45) is 0 Å². The number of nitriles is 2. The van der Waals surface area contributed by atoms with E-state index in [1.54, 1.807) is 25.4 Å². The zero-order chi connectivity index (χ0) is 24.6. The zero-order valence-electron chi connectivity index (χ0n) is 18.4. The number of ether oxygens (including phenoxy) is 2. The van der Waals surface area contributed by atoms with E-state index in [0.29, 0.717) is 33.6 Å². The van der Waals surface area contributed by atoms with Crippen LogP contribution in [0.5, 0.6) is 5.88 Å². The molecule has 34 heavy (non-hydrogen) atoms. The van der Waals surface area contributed by atoms with E-state index in [1.807, 2.05) is 18.2 Å². The van der Waals surface area contributed by atoms with Gasteiger partial charge in [0.25, 0.3) is 0 Å². The summed E-state index contributed by atoms with van der Waals surface area (Å²) in [5.74, 6) is 1.19. The number of pyridine rings is 3. The topological polar surface area (TPSA) is 117 Å². The summed E-state index contributed by atoms with van der Waals surface area (Å²) >= 11 is 1.37. The Morgan fingerprint density at radius 3 is 2.44 bits per heavy atom. The molecule has 0 aliphatic carbocycles. The minimum absolute atomic E-state index is 0.0663. The average Bonchev–Trinajstić information content (AvgIpc) is 2.84. The van der Waals surface area contributed by atoms with Crippen LogP contribution in [0.2, 0.25) is 0 Å². The summed E-state index contributed by atoms with van der Waals surface area (Å²) in [6.45, 7) is 0.191. The quantitative estimate of drug-likeness (QED) is 0.275. The van der Waals surface area contributed by atoms with E-state index >= 15 is 0 Å². The third-order valence-corrected chi connectivity index (χ3v) is 5.43. The first-order chi connectivity index (χ1) is 16.4. The van der Waals surface area contributed by atoms with Crippen LogP contribution in [-0.4, -0.2) is 64.1 Å². The molecule has 0 aliphatic rings. The molecule has 3 heterocycles. The highest BCUT2D eigenvalue weighted by Crippen LogP contribution is 2.37. The highest BCUT2D eigenvalue weighted by Gasteiger charge is 2.22.